The predicted octanol–water partition coefficient (Wildman–Crippen LogP) is 2.90. The van der Waals surface area contributed by atoms with E-state index in [4.69, 9.17) is 0 Å². The van der Waals surface area contributed by atoms with Gasteiger partial charge in [0, 0.05) is 25.5 Å². The highest BCUT2D eigenvalue weighted by Gasteiger charge is 2.39. The van der Waals surface area contributed by atoms with Crippen LogP contribution in [0.2, 0.25) is 0 Å². The minimum atomic E-state index is -0.245. The topological polar surface area (TPSA) is 40.5 Å². The molecule has 1 amide bonds. The summed E-state index contributed by atoms with van der Waals surface area (Å²) in [6.45, 7) is 0.678. The highest BCUT2D eigenvalue weighted by atomic mass is 19.1. The van der Waals surface area contributed by atoms with Gasteiger partial charge in [-0.1, -0.05) is 25.0 Å². The molecule has 1 aromatic rings. The van der Waals surface area contributed by atoms with Crippen LogP contribution in [-0.4, -0.2) is 29.1 Å². The molecule has 0 bridgehead atoms. The van der Waals surface area contributed by atoms with Crippen LogP contribution in [-0.2, 0) is 4.79 Å². The second-order valence-electron chi connectivity index (χ2n) is 6.34. The van der Waals surface area contributed by atoms with Gasteiger partial charge in [-0.15, -0.1) is 0 Å². The summed E-state index contributed by atoms with van der Waals surface area (Å²) in [5, 5.41) is 9.33. The maximum Gasteiger partial charge on any atom is 0.223 e. The number of carbonyl (C=O) groups is 1. The van der Waals surface area contributed by atoms with E-state index in [9.17, 15) is 14.3 Å². The number of benzene rings is 1. The van der Waals surface area contributed by atoms with E-state index < -0.39 is 0 Å². The first-order valence-electron chi connectivity index (χ1n) is 7.85. The molecule has 2 fully saturated rings. The van der Waals surface area contributed by atoms with Crippen LogP contribution in [0.5, 0.6) is 0 Å². The second kappa shape index (κ2) is 6.14. The Hall–Kier alpha value is -1.42. The van der Waals surface area contributed by atoms with Crippen molar-refractivity contribution >= 4 is 5.91 Å². The summed E-state index contributed by atoms with van der Waals surface area (Å²) in [7, 11) is 0. The lowest BCUT2D eigenvalue weighted by Crippen LogP contribution is -2.34. The fourth-order valence-electron chi connectivity index (χ4n) is 3.84. The SMILES string of the molecule is O=C1CC(CO)CN1C(c1ccc(F)cc1)C1CCCC1. The van der Waals surface area contributed by atoms with Gasteiger partial charge in [0.1, 0.15) is 5.82 Å². The number of hydrogen-bond donors (Lipinski definition) is 1. The van der Waals surface area contributed by atoms with Crippen molar-refractivity contribution in [3.63, 3.8) is 0 Å². The summed E-state index contributed by atoms with van der Waals surface area (Å²) in [5.41, 5.74) is 1.02. The summed E-state index contributed by atoms with van der Waals surface area (Å²) in [6.07, 6.45) is 5.08. The van der Waals surface area contributed by atoms with E-state index in [1.807, 2.05) is 4.90 Å². The normalized spacial score (nSPS) is 24.8. The molecule has 0 aromatic heterocycles. The van der Waals surface area contributed by atoms with Crippen molar-refractivity contribution in [1.82, 2.24) is 4.90 Å². The zero-order valence-corrected chi connectivity index (χ0v) is 12.2. The summed E-state index contributed by atoms with van der Waals surface area (Å²) < 4.78 is 13.2. The smallest absolute Gasteiger partial charge is 0.223 e. The van der Waals surface area contributed by atoms with Gasteiger partial charge < -0.3 is 10.0 Å². The van der Waals surface area contributed by atoms with Gasteiger partial charge in [-0.3, -0.25) is 4.79 Å². The van der Waals surface area contributed by atoms with Gasteiger partial charge in [-0.25, -0.2) is 4.39 Å². The number of carbonyl (C=O) groups excluding carboxylic acids is 1. The molecule has 21 heavy (non-hydrogen) atoms. The Bertz CT molecular complexity index is 496. The summed E-state index contributed by atoms with van der Waals surface area (Å²) in [4.78, 5) is 14.2. The maximum absolute atomic E-state index is 13.2. The molecule has 2 atom stereocenters. The van der Waals surface area contributed by atoms with E-state index in [-0.39, 0.29) is 30.3 Å². The maximum atomic E-state index is 13.2. The molecule has 1 aliphatic heterocycles. The van der Waals surface area contributed by atoms with Gasteiger partial charge in [-0.2, -0.15) is 0 Å². The second-order valence-corrected chi connectivity index (χ2v) is 6.34. The molecule has 1 N–H and O–H groups in total. The molecule has 2 aliphatic rings. The summed E-state index contributed by atoms with van der Waals surface area (Å²) in [6, 6.07) is 6.59. The van der Waals surface area contributed by atoms with Crippen molar-refractivity contribution in [2.45, 2.75) is 38.1 Å². The number of amides is 1. The molecular formula is C17H22FNO2. The zero-order chi connectivity index (χ0) is 14.8. The van der Waals surface area contributed by atoms with Gasteiger partial charge in [-0.05, 0) is 36.5 Å². The van der Waals surface area contributed by atoms with Crippen LogP contribution in [0.4, 0.5) is 4.39 Å². The van der Waals surface area contributed by atoms with Crippen LogP contribution in [0.3, 0.4) is 0 Å². The zero-order valence-electron chi connectivity index (χ0n) is 12.2. The first-order valence-corrected chi connectivity index (χ1v) is 7.85. The molecule has 4 heteroatoms. The molecule has 1 heterocycles. The summed E-state index contributed by atoms with van der Waals surface area (Å²) in [5.74, 6) is 0.374. The number of nitrogens with zero attached hydrogens (tertiary/aromatic N) is 1. The number of aliphatic hydroxyl groups is 1. The number of halogens is 1. The van der Waals surface area contributed by atoms with Crippen molar-refractivity contribution in [2.24, 2.45) is 11.8 Å². The molecule has 2 unspecified atom stereocenters. The molecule has 1 saturated carbocycles. The molecule has 114 valence electrons. The quantitative estimate of drug-likeness (QED) is 0.926. The van der Waals surface area contributed by atoms with Gasteiger partial charge in [0.05, 0.1) is 6.04 Å². The fourth-order valence-corrected chi connectivity index (χ4v) is 3.84. The molecule has 3 nitrogen and oxygen atoms in total. The van der Waals surface area contributed by atoms with Crippen molar-refractivity contribution in [3.8, 4) is 0 Å². The Balaban J connectivity index is 1.89. The molecule has 3 rings (SSSR count). The van der Waals surface area contributed by atoms with Crippen molar-refractivity contribution in [2.75, 3.05) is 13.2 Å². The third-order valence-electron chi connectivity index (χ3n) is 4.89. The predicted molar refractivity (Wildman–Crippen MR) is 78.0 cm³/mol. The van der Waals surface area contributed by atoms with E-state index in [1.165, 1.54) is 25.0 Å². The van der Waals surface area contributed by atoms with E-state index in [1.54, 1.807) is 12.1 Å². The van der Waals surface area contributed by atoms with Crippen LogP contribution in [0.15, 0.2) is 24.3 Å². The monoisotopic (exact) mass is 291 g/mol. The highest BCUT2D eigenvalue weighted by Crippen LogP contribution is 2.41. The van der Waals surface area contributed by atoms with Crippen LogP contribution >= 0.6 is 0 Å². The van der Waals surface area contributed by atoms with Crippen molar-refractivity contribution in [1.29, 1.82) is 0 Å². The van der Waals surface area contributed by atoms with Crippen LogP contribution in [0.25, 0.3) is 0 Å². The molecular weight excluding hydrogens is 269 g/mol. The number of likely N-dealkylation sites (tertiary alicyclic amines) is 1. The summed E-state index contributed by atoms with van der Waals surface area (Å²) >= 11 is 0. The third-order valence-corrected chi connectivity index (χ3v) is 4.89. The average Bonchev–Trinajstić information content (AvgIpc) is 3.12. The van der Waals surface area contributed by atoms with Crippen LogP contribution in [0, 0.1) is 17.7 Å². The number of hydrogen-bond acceptors (Lipinski definition) is 2. The van der Waals surface area contributed by atoms with Crippen LogP contribution in [0.1, 0.15) is 43.7 Å². The van der Waals surface area contributed by atoms with Crippen molar-refractivity contribution in [3.05, 3.63) is 35.6 Å². The van der Waals surface area contributed by atoms with E-state index in [0.29, 0.717) is 18.9 Å². The van der Waals surface area contributed by atoms with E-state index in [0.717, 1.165) is 18.4 Å². The van der Waals surface area contributed by atoms with Crippen LogP contribution < -0.4 is 0 Å². The van der Waals surface area contributed by atoms with Gasteiger partial charge in [0.15, 0.2) is 0 Å². The first kappa shape index (κ1) is 14.5. The Morgan fingerprint density at radius 1 is 1.24 bits per heavy atom. The third kappa shape index (κ3) is 2.95. The Morgan fingerprint density at radius 2 is 1.90 bits per heavy atom. The van der Waals surface area contributed by atoms with Gasteiger partial charge in [0.2, 0.25) is 5.91 Å². The molecule has 0 spiro atoms. The lowest BCUT2D eigenvalue weighted by molar-refractivity contribution is -0.130. The minimum absolute atomic E-state index is 0.0390. The van der Waals surface area contributed by atoms with Gasteiger partial charge >= 0.3 is 0 Å². The molecule has 1 aliphatic carbocycles. The van der Waals surface area contributed by atoms with E-state index in [2.05, 4.69) is 0 Å². The first-order chi connectivity index (χ1) is 10.2. The molecule has 0 radical (unpaired) electrons. The Labute approximate surface area is 124 Å². The Morgan fingerprint density at radius 3 is 2.48 bits per heavy atom. The Kier molecular flexibility index (Phi) is 4.24. The fraction of sp³-hybridized carbons (Fsp3) is 0.588. The molecule has 1 saturated heterocycles. The van der Waals surface area contributed by atoms with Gasteiger partial charge in [0.25, 0.3) is 0 Å². The lowest BCUT2D eigenvalue weighted by atomic mass is 9.90. The minimum Gasteiger partial charge on any atom is -0.396 e. The lowest BCUT2D eigenvalue weighted by Gasteiger charge is -2.33. The standard InChI is InChI=1S/C17H22FNO2/c18-15-7-5-14(6-8-15)17(13-3-1-2-4-13)19-10-12(11-20)9-16(19)21/h5-8,12-13,17,20H,1-4,9-11H2. The highest BCUT2D eigenvalue weighted by molar-refractivity contribution is 5.79. The van der Waals surface area contributed by atoms with E-state index >= 15 is 0 Å². The van der Waals surface area contributed by atoms with Crippen molar-refractivity contribution < 1.29 is 14.3 Å². The largest absolute Gasteiger partial charge is 0.396 e. The number of aliphatic hydroxyl groups excluding tert-OH is 1. The number of rotatable bonds is 4. The molecule has 1 aromatic carbocycles. The average molecular weight is 291 g/mol.